The Morgan fingerprint density at radius 2 is 1.70 bits per heavy atom. The van der Waals surface area contributed by atoms with Crippen LogP contribution >= 0.6 is 0 Å². The SMILES string of the molecule is COc1cc(C=Cc2cccc(-c3ccccc3)c2CF)c(C(F)(F)F)cc1CNCCO. The lowest BCUT2D eigenvalue weighted by Crippen LogP contribution is -2.19. The Morgan fingerprint density at radius 3 is 2.33 bits per heavy atom. The van der Waals surface area contributed by atoms with E-state index in [-0.39, 0.29) is 31.0 Å². The largest absolute Gasteiger partial charge is 0.496 e. The predicted molar refractivity (Wildman–Crippen MR) is 122 cm³/mol. The highest BCUT2D eigenvalue weighted by Crippen LogP contribution is 2.37. The average molecular weight is 459 g/mol. The van der Waals surface area contributed by atoms with Gasteiger partial charge in [-0.1, -0.05) is 60.7 Å². The van der Waals surface area contributed by atoms with Gasteiger partial charge in [0.15, 0.2) is 0 Å². The van der Waals surface area contributed by atoms with Crippen molar-refractivity contribution in [2.24, 2.45) is 0 Å². The molecule has 0 radical (unpaired) electrons. The zero-order chi connectivity index (χ0) is 23.8. The Kier molecular flexibility index (Phi) is 8.25. The van der Waals surface area contributed by atoms with Gasteiger partial charge in [0.2, 0.25) is 0 Å². The van der Waals surface area contributed by atoms with Crippen LogP contribution in [0.2, 0.25) is 0 Å². The predicted octanol–water partition coefficient (Wildman–Crippen LogP) is 6.10. The molecule has 0 aliphatic carbocycles. The van der Waals surface area contributed by atoms with Crippen molar-refractivity contribution in [1.82, 2.24) is 5.32 Å². The van der Waals surface area contributed by atoms with Crippen molar-refractivity contribution in [3.8, 4) is 16.9 Å². The summed E-state index contributed by atoms with van der Waals surface area (Å²) in [6, 6.07) is 16.9. The molecule has 0 atom stereocenters. The number of hydrogen-bond donors (Lipinski definition) is 2. The topological polar surface area (TPSA) is 41.5 Å². The Labute approximate surface area is 190 Å². The van der Waals surface area contributed by atoms with E-state index >= 15 is 0 Å². The number of ether oxygens (including phenoxy) is 1. The van der Waals surface area contributed by atoms with Crippen LogP contribution in [0.4, 0.5) is 17.6 Å². The first-order chi connectivity index (χ1) is 15.9. The second-order valence-corrected chi connectivity index (χ2v) is 7.36. The van der Waals surface area contributed by atoms with Gasteiger partial charge in [0.1, 0.15) is 12.4 Å². The van der Waals surface area contributed by atoms with Crippen LogP contribution < -0.4 is 10.1 Å². The van der Waals surface area contributed by atoms with E-state index in [4.69, 9.17) is 9.84 Å². The summed E-state index contributed by atoms with van der Waals surface area (Å²) in [6.07, 6.45) is -1.76. The third-order valence-corrected chi connectivity index (χ3v) is 5.24. The quantitative estimate of drug-likeness (QED) is 0.231. The first-order valence-electron chi connectivity index (χ1n) is 10.4. The zero-order valence-corrected chi connectivity index (χ0v) is 18.1. The van der Waals surface area contributed by atoms with Gasteiger partial charge in [0.25, 0.3) is 0 Å². The summed E-state index contributed by atoms with van der Waals surface area (Å²) in [5.74, 6) is 0.289. The van der Waals surface area contributed by atoms with E-state index in [1.807, 2.05) is 30.3 Å². The molecule has 7 heteroatoms. The normalized spacial score (nSPS) is 11.8. The number of aliphatic hydroxyl groups is 1. The molecule has 2 N–H and O–H groups in total. The van der Waals surface area contributed by atoms with Crippen LogP contribution in [0.3, 0.4) is 0 Å². The number of alkyl halides is 4. The molecule has 0 heterocycles. The third kappa shape index (κ3) is 6.00. The van der Waals surface area contributed by atoms with E-state index in [0.717, 1.165) is 11.6 Å². The minimum absolute atomic E-state index is 0.0832. The number of methoxy groups -OCH3 is 1. The van der Waals surface area contributed by atoms with E-state index in [1.54, 1.807) is 18.2 Å². The molecule has 3 aromatic rings. The molecule has 0 amide bonds. The van der Waals surface area contributed by atoms with Gasteiger partial charge in [-0.15, -0.1) is 0 Å². The molecule has 0 saturated carbocycles. The maximum absolute atomic E-state index is 14.0. The number of rotatable bonds is 9. The highest BCUT2D eigenvalue weighted by atomic mass is 19.4. The van der Waals surface area contributed by atoms with E-state index in [9.17, 15) is 17.6 Å². The van der Waals surface area contributed by atoms with E-state index in [2.05, 4.69) is 5.32 Å². The van der Waals surface area contributed by atoms with Crippen molar-refractivity contribution in [1.29, 1.82) is 0 Å². The van der Waals surface area contributed by atoms with Crippen molar-refractivity contribution in [2.45, 2.75) is 19.4 Å². The zero-order valence-electron chi connectivity index (χ0n) is 18.1. The van der Waals surface area contributed by atoms with Crippen LogP contribution in [-0.2, 0) is 19.4 Å². The fourth-order valence-electron chi connectivity index (χ4n) is 3.63. The third-order valence-electron chi connectivity index (χ3n) is 5.24. The van der Waals surface area contributed by atoms with Gasteiger partial charge in [0.05, 0.1) is 19.3 Å². The van der Waals surface area contributed by atoms with Crippen molar-refractivity contribution >= 4 is 12.2 Å². The molecule has 0 aromatic heterocycles. The molecule has 3 nitrogen and oxygen atoms in total. The van der Waals surface area contributed by atoms with Crippen molar-refractivity contribution in [3.05, 3.63) is 88.5 Å². The number of aliphatic hydroxyl groups excluding tert-OH is 1. The molecule has 0 aliphatic rings. The highest BCUT2D eigenvalue weighted by molar-refractivity contribution is 5.78. The maximum Gasteiger partial charge on any atom is 0.417 e. The van der Waals surface area contributed by atoms with E-state index in [0.29, 0.717) is 22.3 Å². The molecule has 174 valence electrons. The van der Waals surface area contributed by atoms with E-state index in [1.165, 1.54) is 25.3 Å². The molecule has 0 unspecified atom stereocenters. The average Bonchev–Trinajstić information content (AvgIpc) is 2.82. The Balaban J connectivity index is 2.04. The molecule has 0 bridgehead atoms. The lowest BCUT2D eigenvalue weighted by molar-refractivity contribution is -0.137. The van der Waals surface area contributed by atoms with Gasteiger partial charge in [0, 0.05) is 18.7 Å². The summed E-state index contributed by atoms with van der Waals surface area (Å²) >= 11 is 0. The smallest absolute Gasteiger partial charge is 0.417 e. The van der Waals surface area contributed by atoms with Crippen LogP contribution in [0.15, 0.2) is 60.7 Å². The van der Waals surface area contributed by atoms with Crippen LogP contribution in [0.5, 0.6) is 5.75 Å². The summed E-state index contributed by atoms with van der Waals surface area (Å²) in [5.41, 5.74) is 1.86. The number of nitrogens with one attached hydrogen (secondary N) is 1. The summed E-state index contributed by atoms with van der Waals surface area (Å²) < 4.78 is 60.7. The summed E-state index contributed by atoms with van der Waals surface area (Å²) in [6.45, 7) is -0.526. The lowest BCUT2D eigenvalue weighted by Gasteiger charge is -2.17. The molecule has 0 spiro atoms. The fraction of sp³-hybridized carbons (Fsp3) is 0.231. The van der Waals surface area contributed by atoms with Gasteiger partial charge in [-0.05, 0) is 39.9 Å². The number of benzene rings is 3. The molecular weight excluding hydrogens is 434 g/mol. The minimum atomic E-state index is -4.59. The van der Waals surface area contributed by atoms with Gasteiger partial charge in [-0.3, -0.25) is 0 Å². The number of halogens is 4. The van der Waals surface area contributed by atoms with Crippen LogP contribution in [0.1, 0.15) is 27.8 Å². The van der Waals surface area contributed by atoms with Gasteiger partial charge in [-0.2, -0.15) is 13.2 Å². The summed E-state index contributed by atoms with van der Waals surface area (Å²) in [4.78, 5) is 0. The van der Waals surface area contributed by atoms with Crippen LogP contribution in [0.25, 0.3) is 23.3 Å². The Morgan fingerprint density at radius 1 is 0.970 bits per heavy atom. The molecule has 0 saturated heterocycles. The van der Waals surface area contributed by atoms with Gasteiger partial charge >= 0.3 is 6.18 Å². The monoisotopic (exact) mass is 459 g/mol. The highest BCUT2D eigenvalue weighted by Gasteiger charge is 2.34. The summed E-state index contributed by atoms with van der Waals surface area (Å²) in [7, 11) is 1.39. The lowest BCUT2D eigenvalue weighted by atomic mass is 9.95. The standard InChI is InChI=1S/C26H25F4NO2/c1-33-25-15-20(24(26(28,29)30)14-21(25)17-31-12-13-32)11-10-19-8-5-9-22(23(19)16-27)18-6-3-2-4-7-18/h2-11,14-15,31-32H,12-13,16-17H2,1H3. The van der Waals surface area contributed by atoms with E-state index < -0.39 is 18.4 Å². The van der Waals surface area contributed by atoms with Crippen molar-refractivity contribution in [3.63, 3.8) is 0 Å². The molecular formula is C26H25F4NO2. The van der Waals surface area contributed by atoms with Crippen LogP contribution in [-0.4, -0.2) is 25.4 Å². The molecule has 0 fully saturated rings. The maximum atomic E-state index is 14.0. The Bertz CT molecular complexity index is 1100. The molecule has 3 aromatic carbocycles. The first-order valence-corrected chi connectivity index (χ1v) is 10.4. The second-order valence-electron chi connectivity index (χ2n) is 7.36. The van der Waals surface area contributed by atoms with Gasteiger partial charge < -0.3 is 15.2 Å². The Hall–Kier alpha value is -3.16. The minimum Gasteiger partial charge on any atom is -0.496 e. The first kappa shape index (κ1) is 24.5. The fourth-order valence-corrected chi connectivity index (χ4v) is 3.63. The summed E-state index contributed by atoms with van der Waals surface area (Å²) in [5, 5.41) is 11.8. The molecule has 0 aliphatic heterocycles. The number of hydrogen-bond acceptors (Lipinski definition) is 3. The van der Waals surface area contributed by atoms with Crippen molar-refractivity contribution < 1.29 is 27.4 Å². The molecule has 3 rings (SSSR count). The van der Waals surface area contributed by atoms with Gasteiger partial charge in [-0.25, -0.2) is 4.39 Å². The van der Waals surface area contributed by atoms with Crippen LogP contribution in [0, 0.1) is 0 Å². The van der Waals surface area contributed by atoms with Crippen molar-refractivity contribution in [2.75, 3.05) is 20.3 Å². The second kappa shape index (κ2) is 11.1. The molecule has 33 heavy (non-hydrogen) atoms.